The monoisotopic (exact) mass is 480 g/mol. The van der Waals surface area contributed by atoms with E-state index in [0.717, 1.165) is 11.8 Å². The first-order valence-electron chi connectivity index (χ1n) is 9.17. The summed E-state index contributed by atoms with van der Waals surface area (Å²) in [6, 6.07) is 10.1. The van der Waals surface area contributed by atoms with Gasteiger partial charge in [-0.15, -0.1) is 24.9 Å². The summed E-state index contributed by atoms with van der Waals surface area (Å²) in [5.74, 6) is -0.0842. The molecule has 0 spiro atoms. The van der Waals surface area contributed by atoms with Gasteiger partial charge in [0.15, 0.2) is 5.44 Å². The van der Waals surface area contributed by atoms with Crippen LogP contribution in [0.25, 0.3) is 0 Å². The number of benzene rings is 2. The standard InChI is InChI=1S/C20H20ClF3O6S/c21-12-4-5-14(29-19-18(28)17(27)16(26)15(9-25)31-19)11(8-12)6-10-2-1-3-13(7-10)30-20(22,23)24/h1-5,7-8,15-19,25-28H,6,9H2/t15-,16-,17+,18-,19-/m1/s1. The minimum absolute atomic E-state index is 0.146. The van der Waals surface area contributed by atoms with Gasteiger partial charge in [-0.1, -0.05) is 23.7 Å². The number of rotatable bonds is 6. The zero-order valence-corrected chi connectivity index (χ0v) is 17.4. The fraction of sp³-hybridized carbons (Fsp3) is 0.400. The molecule has 170 valence electrons. The molecule has 1 aliphatic rings. The SMILES string of the molecule is OC[C@H]1S[C@@H](Oc2ccc(Cl)cc2Cc2cccc(OC(F)(F)F)c2)[C@H](O)[C@@H](O)[C@@H]1O. The molecular weight excluding hydrogens is 461 g/mol. The fourth-order valence-corrected chi connectivity index (χ4v) is 4.59. The smallest absolute Gasteiger partial charge is 0.477 e. The summed E-state index contributed by atoms with van der Waals surface area (Å²) in [5, 5.41) is 39.2. The molecule has 3 rings (SSSR count). The molecule has 0 amide bonds. The van der Waals surface area contributed by atoms with Crippen molar-refractivity contribution in [2.45, 2.75) is 41.8 Å². The Morgan fingerprint density at radius 3 is 2.42 bits per heavy atom. The van der Waals surface area contributed by atoms with Crippen LogP contribution < -0.4 is 9.47 Å². The minimum Gasteiger partial charge on any atom is -0.477 e. The maximum absolute atomic E-state index is 12.5. The van der Waals surface area contributed by atoms with Crippen LogP contribution in [0, 0.1) is 0 Å². The van der Waals surface area contributed by atoms with Gasteiger partial charge in [0.05, 0.1) is 18.0 Å². The summed E-state index contributed by atoms with van der Waals surface area (Å²) < 4.78 is 47.3. The number of hydrogen-bond donors (Lipinski definition) is 4. The third kappa shape index (κ3) is 6.18. The molecule has 0 aliphatic carbocycles. The lowest BCUT2D eigenvalue weighted by atomic mass is 10.0. The van der Waals surface area contributed by atoms with E-state index in [4.69, 9.17) is 16.3 Å². The van der Waals surface area contributed by atoms with Crippen molar-refractivity contribution in [3.05, 3.63) is 58.6 Å². The van der Waals surface area contributed by atoms with Crippen LogP contribution in [0.4, 0.5) is 13.2 Å². The largest absolute Gasteiger partial charge is 0.573 e. The highest BCUT2D eigenvalue weighted by atomic mass is 35.5. The van der Waals surface area contributed by atoms with E-state index in [1.54, 1.807) is 12.1 Å². The molecule has 0 unspecified atom stereocenters. The third-order valence-corrected chi connectivity index (χ3v) is 6.30. The number of halogens is 4. The van der Waals surface area contributed by atoms with Crippen molar-refractivity contribution in [1.29, 1.82) is 0 Å². The van der Waals surface area contributed by atoms with Gasteiger partial charge in [0.25, 0.3) is 0 Å². The first-order chi connectivity index (χ1) is 14.6. The lowest BCUT2D eigenvalue weighted by Gasteiger charge is -2.39. The van der Waals surface area contributed by atoms with Gasteiger partial charge < -0.3 is 29.9 Å². The van der Waals surface area contributed by atoms with Crippen LogP contribution in [0.5, 0.6) is 11.5 Å². The van der Waals surface area contributed by atoms with Gasteiger partial charge >= 0.3 is 6.36 Å². The van der Waals surface area contributed by atoms with Crippen molar-refractivity contribution in [1.82, 2.24) is 0 Å². The molecular formula is C20H20ClF3O6S. The number of ether oxygens (including phenoxy) is 2. The Labute approximate surface area is 185 Å². The lowest BCUT2D eigenvalue weighted by Crippen LogP contribution is -2.55. The summed E-state index contributed by atoms with van der Waals surface area (Å²) in [7, 11) is 0. The Morgan fingerprint density at radius 2 is 1.74 bits per heavy atom. The van der Waals surface area contributed by atoms with E-state index >= 15 is 0 Å². The normalized spacial score (nSPS) is 26.5. The molecule has 0 bridgehead atoms. The average Bonchev–Trinajstić information content (AvgIpc) is 2.69. The summed E-state index contributed by atoms with van der Waals surface area (Å²) >= 11 is 7.04. The van der Waals surface area contributed by atoms with E-state index in [9.17, 15) is 33.6 Å². The van der Waals surface area contributed by atoms with Crippen LogP contribution in [0.3, 0.4) is 0 Å². The summed E-state index contributed by atoms with van der Waals surface area (Å²) in [6.45, 7) is -0.436. The van der Waals surface area contributed by atoms with Gasteiger partial charge in [-0.05, 0) is 35.9 Å². The van der Waals surface area contributed by atoms with E-state index in [1.165, 1.54) is 30.3 Å². The molecule has 11 heteroatoms. The highest BCUT2D eigenvalue weighted by molar-refractivity contribution is 8.00. The average molecular weight is 481 g/mol. The molecule has 31 heavy (non-hydrogen) atoms. The maximum Gasteiger partial charge on any atom is 0.573 e. The van der Waals surface area contributed by atoms with Crippen LogP contribution in [0.15, 0.2) is 42.5 Å². The number of alkyl halides is 3. The molecule has 0 saturated carbocycles. The van der Waals surface area contributed by atoms with Crippen LogP contribution in [-0.2, 0) is 6.42 Å². The van der Waals surface area contributed by atoms with Gasteiger partial charge in [-0.3, -0.25) is 0 Å². The first kappa shape index (κ1) is 24.0. The second-order valence-corrected chi connectivity index (χ2v) is 8.72. The van der Waals surface area contributed by atoms with Crippen LogP contribution in [-0.4, -0.2) is 62.4 Å². The van der Waals surface area contributed by atoms with Crippen molar-refractivity contribution >= 4 is 23.4 Å². The van der Waals surface area contributed by atoms with Gasteiger partial charge in [0.2, 0.25) is 0 Å². The number of aliphatic hydroxyl groups excluding tert-OH is 4. The first-order valence-corrected chi connectivity index (χ1v) is 10.5. The lowest BCUT2D eigenvalue weighted by molar-refractivity contribution is -0.274. The zero-order chi connectivity index (χ0) is 22.8. The van der Waals surface area contributed by atoms with Crippen molar-refractivity contribution < 1.29 is 43.1 Å². The van der Waals surface area contributed by atoms with Crippen molar-refractivity contribution in [3.63, 3.8) is 0 Å². The molecule has 1 saturated heterocycles. The molecule has 0 radical (unpaired) electrons. The van der Waals surface area contributed by atoms with E-state index in [1.807, 2.05) is 0 Å². The van der Waals surface area contributed by atoms with Gasteiger partial charge in [-0.2, -0.15) is 0 Å². The Kier molecular flexibility index (Phi) is 7.61. The topological polar surface area (TPSA) is 99.4 Å². The second-order valence-electron chi connectivity index (χ2n) is 6.94. The van der Waals surface area contributed by atoms with E-state index in [-0.39, 0.29) is 17.9 Å². The quantitative estimate of drug-likeness (QED) is 0.504. The number of hydrogen-bond acceptors (Lipinski definition) is 7. The molecule has 0 aromatic heterocycles. The van der Waals surface area contributed by atoms with Gasteiger partial charge in [-0.25, -0.2) is 0 Å². The second kappa shape index (κ2) is 9.85. The zero-order valence-electron chi connectivity index (χ0n) is 15.9. The summed E-state index contributed by atoms with van der Waals surface area (Å²) in [4.78, 5) is 0. The Balaban J connectivity index is 1.82. The van der Waals surface area contributed by atoms with Gasteiger partial charge in [0, 0.05) is 17.0 Å². The molecule has 4 N–H and O–H groups in total. The van der Waals surface area contributed by atoms with Crippen LogP contribution >= 0.6 is 23.4 Å². The highest BCUT2D eigenvalue weighted by Crippen LogP contribution is 2.36. The van der Waals surface area contributed by atoms with E-state index in [2.05, 4.69) is 4.74 Å². The minimum atomic E-state index is -4.81. The van der Waals surface area contributed by atoms with Crippen LogP contribution in [0.2, 0.25) is 5.02 Å². The fourth-order valence-electron chi connectivity index (χ4n) is 3.16. The Hall–Kier alpha value is -1.69. The maximum atomic E-state index is 12.5. The Morgan fingerprint density at radius 1 is 1.00 bits per heavy atom. The van der Waals surface area contributed by atoms with E-state index < -0.39 is 42.0 Å². The molecule has 2 aromatic rings. The number of thioether (sulfide) groups is 1. The van der Waals surface area contributed by atoms with Crippen LogP contribution in [0.1, 0.15) is 11.1 Å². The number of aliphatic hydroxyl groups is 4. The van der Waals surface area contributed by atoms with Gasteiger partial charge in [0.1, 0.15) is 23.7 Å². The Bertz CT molecular complexity index is 897. The molecule has 5 atom stereocenters. The molecule has 1 heterocycles. The summed E-state index contributed by atoms with van der Waals surface area (Å²) in [5.41, 5.74) is 0.00963. The molecule has 6 nitrogen and oxygen atoms in total. The molecule has 2 aromatic carbocycles. The molecule has 1 fully saturated rings. The summed E-state index contributed by atoms with van der Waals surface area (Å²) in [6.07, 6.45) is -8.95. The van der Waals surface area contributed by atoms with E-state index in [0.29, 0.717) is 16.1 Å². The predicted molar refractivity (Wildman–Crippen MR) is 108 cm³/mol. The highest BCUT2D eigenvalue weighted by Gasteiger charge is 2.44. The van der Waals surface area contributed by atoms with Crippen molar-refractivity contribution in [2.24, 2.45) is 0 Å². The van der Waals surface area contributed by atoms with Crippen molar-refractivity contribution in [3.8, 4) is 11.5 Å². The third-order valence-electron chi connectivity index (χ3n) is 4.64. The van der Waals surface area contributed by atoms with Crippen molar-refractivity contribution in [2.75, 3.05) is 6.61 Å². The predicted octanol–water partition coefficient (Wildman–Crippen LogP) is 2.72. The molecule has 1 aliphatic heterocycles.